The van der Waals surface area contributed by atoms with Crippen molar-refractivity contribution in [1.29, 1.82) is 0 Å². The number of rotatable bonds is 5. The summed E-state index contributed by atoms with van der Waals surface area (Å²) < 4.78 is 40.7. The van der Waals surface area contributed by atoms with Crippen LogP contribution in [0, 0.1) is 0 Å². The van der Waals surface area contributed by atoms with E-state index in [1.807, 2.05) is 11.0 Å². The Hall–Kier alpha value is -3.18. The molecule has 0 spiro atoms. The van der Waals surface area contributed by atoms with Crippen LogP contribution in [0.1, 0.15) is 23.3 Å². The van der Waals surface area contributed by atoms with Gasteiger partial charge in [-0.15, -0.1) is 11.8 Å². The molecule has 1 atom stereocenters. The predicted octanol–water partition coefficient (Wildman–Crippen LogP) is 6.05. The molecule has 1 fully saturated rings. The number of hydrogen-bond acceptors (Lipinski definition) is 6. The SMILES string of the molecule is CC(Sc1cc(-c2ccnc(N3CCN(C(=O)O)CC3)c2)cnc1N)c1cc(Cl)ccc1C(F)(F)F. The molecule has 3 N–H and O–H groups in total. The molecule has 1 amide bonds. The summed E-state index contributed by atoms with van der Waals surface area (Å²) in [5.41, 5.74) is 6.94. The van der Waals surface area contributed by atoms with E-state index in [1.165, 1.54) is 28.8 Å². The maximum atomic E-state index is 13.6. The van der Waals surface area contributed by atoms with Gasteiger partial charge in [0, 0.05) is 54.4 Å². The second-order valence-electron chi connectivity index (χ2n) is 8.26. The van der Waals surface area contributed by atoms with Crippen molar-refractivity contribution in [2.75, 3.05) is 36.8 Å². The smallest absolute Gasteiger partial charge is 0.416 e. The van der Waals surface area contributed by atoms with E-state index in [0.717, 1.165) is 17.2 Å². The Morgan fingerprint density at radius 2 is 1.83 bits per heavy atom. The van der Waals surface area contributed by atoms with Crippen LogP contribution in [-0.4, -0.2) is 52.2 Å². The van der Waals surface area contributed by atoms with Crippen molar-refractivity contribution in [3.05, 3.63) is 64.9 Å². The summed E-state index contributed by atoms with van der Waals surface area (Å²) >= 11 is 7.17. The fourth-order valence-electron chi connectivity index (χ4n) is 3.99. The quantitative estimate of drug-likeness (QED) is 0.382. The lowest BCUT2D eigenvalue weighted by molar-refractivity contribution is -0.138. The summed E-state index contributed by atoms with van der Waals surface area (Å²) in [5.74, 6) is 0.913. The molecule has 7 nitrogen and oxygen atoms in total. The minimum Gasteiger partial charge on any atom is -0.465 e. The number of amides is 1. The van der Waals surface area contributed by atoms with Gasteiger partial charge in [-0.25, -0.2) is 14.8 Å². The zero-order valence-electron chi connectivity index (χ0n) is 19.2. The van der Waals surface area contributed by atoms with Gasteiger partial charge in [0.05, 0.1) is 10.5 Å². The van der Waals surface area contributed by atoms with E-state index < -0.39 is 23.1 Å². The Kier molecular flexibility index (Phi) is 7.51. The molecule has 0 radical (unpaired) electrons. The number of pyridine rings is 2. The lowest BCUT2D eigenvalue weighted by Gasteiger charge is -2.34. The van der Waals surface area contributed by atoms with Gasteiger partial charge in [-0.3, -0.25) is 0 Å². The van der Waals surface area contributed by atoms with Crippen LogP contribution in [0.5, 0.6) is 0 Å². The number of aromatic nitrogens is 2. The number of carboxylic acid groups (broad SMARTS) is 1. The van der Waals surface area contributed by atoms with Crippen LogP contribution in [0.2, 0.25) is 5.02 Å². The molecule has 1 aliphatic rings. The molecule has 1 saturated heterocycles. The average molecular weight is 538 g/mol. The van der Waals surface area contributed by atoms with Crippen molar-refractivity contribution in [1.82, 2.24) is 14.9 Å². The molecule has 3 heterocycles. The van der Waals surface area contributed by atoms with Crippen LogP contribution in [0.15, 0.2) is 53.7 Å². The van der Waals surface area contributed by atoms with Crippen molar-refractivity contribution in [3.8, 4) is 11.1 Å². The molecule has 36 heavy (non-hydrogen) atoms. The van der Waals surface area contributed by atoms with Gasteiger partial charge < -0.3 is 20.6 Å². The Bertz CT molecular complexity index is 1270. The average Bonchev–Trinajstić information content (AvgIpc) is 2.84. The number of nitrogens with two attached hydrogens (primary N) is 1. The number of nitrogen functional groups attached to an aromatic ring is 1. The number of hydrogen-bond donors (Lipinski definition) is 2. The van der Waals surface area contributed by atoms with Crippen LogP contribution < -0.4 is 10.6 Å². The van der Waals surface area contributed by atoms with E-state index in [-0.39, 0.29) is 16.4 Å². The number of nitrogens with zero attached hydrogens (tertiary/aromatic N) is 4. The third kappa shape index (κ3) is 5.79. The highest BCUT2D eigenvalue weighted by Crippen LogP contribution is 2.44. The van der Waals surface area contributed by atoms with Gasteiger partial charge >= 0.3 is 12.3 Å². The van der Waals surface area contributed by atoms with E-state index >= 15 is 0 Å². The molecule has 0 bridgehead atoms. The number of anilines is 2. The van der Waals surface area contributed by atoms with Gasteiger partial charge in [-0.2, -0.15) is 13.2 Å². The molecule has 3 aromatic rings. The molecule has 0 aliphatic carbocycles. The normalized spacial score (nSPS) is 15.1. The fourth-order valence-corrected chi connectivity index (χ4v) is 5.24. The molecule has 1 unspecified atom stereocenters. The fraction of sp³-hybridized carbons (Fsp3) is 0.292. The van der Waals surface area contributed by atoms with E-state index in [2.05, 4.69) is 9.97 Å². The van der Waals surface area contributed by atoms with Gasteiger partial charge in [0.1, 0.15) is 11.6 Å². The van der Waals surface area contributed by atoms with Gasteiger partial charge in [-0.1, -0.05) is 11.6 Å². The first-order valence-electron chi connectivity index (χ1n) is 11.0. The van der Waals surface area contributed by atoms with E-state index in [9.17, 15) is 18.0 Å². The summed E-state index contributed by atoms with van der Waals surface area (Å²) in [7, 11) is 0. The minimum absolute atomic E-state index is 0.0662. The van der Waals surface area contributed by atoms with Gasteiger partial charge in [0.15, 0.2) is 0 Å². The number of carbonyl (C=O) groups is 1. The predicted molar refractivity (Wildman–Crippen MR) is 134 cm³/mol. The Balaban J connectivity index is 1.58. The highest BCUT2D eigenvalue weighted by molar-refractivity contribution is 7.99. The van der Waals surface area contributed by atoms with Gasteiger partial charge in [0.2, 0.25) is 0 Å². The first-order chi connectivity index (χ1) is 17.0. The Labute approximate surface area is 215 Å². The van der Waals surface area contributed by atoms with Crippen molar-refractivity contribution in [2.24, 2.45) is 0 Å². The highest BCUT2D eigenvalue weighted by atomic mass is 35.5. The lowest BCUT2D eigenvalue weighted by atomic mass is 10.0. The lowest BCUT2D eigenvalue weighted by Crippen LogP contribution is -2.48. The summed E-state index contributed by atoms with van der Waals surface area (Å²) in [6.45, 7) is 3.46. The summed E-state index contributed by atoms with van der Waals surface area (Å²) in [6.07, 6.45) is -2.19. The first kappa shape index (κ1) is 25.9. The number of thioether (sulfide) groups is 1. The molecular weight excluding hydrogens is 515 g/mol. The van der Waals surface area contributed by atoms with Crippen LogP contribution in [0.25, 0.3) is 11.1 Å². The molecule has 0 saturated carbocycles. The highest BCUT2D eigenvalue weighted by Gasteiger charge is 2.35. The maximum absolute atomic E-state index is 13.6. The van der Waals surface area contributed by atoms with Crippen molar-refractivity contribution in [3.63, 3.8) is 0 Å². The number of benzene rings is 1. The second-order valence-corrected chi connectivity index (χ2v) is 10.1. The van der Waals surface area contributed by atoms with Crippen molar-refractivity contribution in [2.45, 2.75) is 23.2 Å². The molecular formula is C24H23ClF3N5O2S. The zero-order valence-corrected chi connectivity index (χ0v) is 20.7. The summed E-state index contributed by atoms with van der Waals surface area (Å²) in [5, 5.41) is 8.77. The number of alkyl halides is 3. The van der Waals surface area contributed by atoms with E-state index in [4.69, 9.17) is 22.4 Å². The minimum atomic E-state index is -4.51. The number of halogens is 4. The Morgan fingerprint density at radius 3 is 2.50 bits per heavy atom. The molecule has 12 heteroatoms. The number of piperazine rings is 1. The van der Waals surface area contributed by atoms with E-state index in [1.54, 1.807) is 31.5 Å². The van der Waals surface area contributed by atoms with Crippen molar-refractivity contribution < 1.29 is 23.1 Å². The third-order valence-electron chi connectivity index (χ3n) is 5.90. The largest absolute Gasteiger partial charge is 0.465 e. The molecule has 190 valence electrons. The van der Waals surface area contributed by atoms with E-state index in [0.29, 0.717) is 36.9 Å². The zero-order chi connectivity index (χ0) is 26.0. The maximum Gasteiger partial charge on any atom is 0.416 e. The summed E-state index contributed by atoms with van der Waals surface area (Å²) in [6, 6.07) is 9.02. The first-order valence-corrected chi connectivity index (χ1v) is 12.3. The molecule has 1 aliphatic heterocycles. The standard InChI is InChI=1S/C24H23ClF3N5O2S/c1-14(18-12-17(25)2-3-19(18)24(26,27)28)36-20-10-16(13-31-22(20)29)15-4-5-30-21(11-15)32-6-8-33(9-7-32)23(34)35/h2-5,10-14H,6-9H2,1H3,(H2,29,31)(H,34,35). The molecule has 4 rings (SSSR count). The monoisotopic (exact) mass is 537 g/mol. The molecule has 1 aromatic carbocycles. The van der Waals surface area contributed by atoms with Gasteiger partial charge in [0.25, 0.3) is 0 Å². The van der Waals surface area contributed by atoms with Crippen LogP contribution >= 0.6 is 23.4 Å². The third-order valence-corrected chi connectivity index (χ3v) is 7.32. The Morgan fingerprint density at radius 1 is 1.11 bits per heavy atom. The topological polar surface area (TPSA) is 95.6 Å². The molecule has 2 aromatic heterocycles. The van der Waals surface area contributed by atoms with Gasteiger partial charge in [-0.05, 0) is 54.4 Å². The van der Waals surface area contributed by atoms with Crippen LogP contribution in [0.4, 0.5) is 29.6 Å². The summed E-state index contributed by atoms with van der Waals surface area (Å²) in [4.78, 5) is 23.7. The van der Waals surface area contributed by atoms with Crippen LogP contribution in [0.3, 0.4) is 0 Å². The van der Waals surface area contributed by atoms with Crippen LogP contribution in [-0.2, 0) is 6.18 Å². The second kappa shape index (κ2) is 10.4. The van der Waals surface area contributed by atoms with Crippen molar-refractivity contribution >= 4 is 41.1 Å².